The second-order valence-corrected chi connectivity index (χ2v) is 3.85. The van der Waals surface area contributed by atoms with E-state index in [-0.39, 0.29) is 0 Å². The number of pyridine rings is 1. The molecule has 78 valence electrons. The number of hydrogen-bond acceptors (Lipinski definition) is 2. The molecule has 1 heterocycles. The predicted octanol–water partition coefficient (Wildman–Crippen LogP) is 2.49. The first-order chi connectivity index (χ1) is 6.69. The molecular weight excluding hydrogens is 172 g/mol. The lowest BCUT2D eigenvalue weighted by molar-refractivity contribution is 0.465. The van der Waals surface area contributed by atoms with Gasteiger partial charge in [-0.1, -0.05) is 13.8 Å². The van der Waals surface area contributed by atoms with Gasteiger partial charge in [-0.3, -0.25) is 4.98 Å². The molecule has 1 aromatic heterocycles. The highest BCUT2D eigenvalue weighted by Crippen LogP contribution is 2.19. The Morgan fingerprint density at radius 3 is 2.71 bits per heavy atom. The number of hydrogen-bond donors (Lipinski definition) is 1. The molecule has 0 saturated heterocycles. The van der Waals surface area contributed by atoms with E-state index in [1.807, 2.05) is 19.3 Å². The summed E-state index contributed by atoms with van der Waals surface area (Å²) >= 11 is 0. The fourth-order valence-electron chi connectivity index (χ4n) is 1.82. The first kappa shape index (κ1) is 11.2. The quantitative estimate of drug-likeness (QED) is 0.792. The molecule has 0 bridgehead atoms. The molecule has 0 aliphatic carbocycles. The van der Waals surface area contributed by atoms with Crippen LogP contribution in [-0.4, -0.2) is 18.1 Å². The Labute approximate surface area is 86.8 Å². The van der Waals surface area contributed by atoms with Gasteiger partial charge in [0, 0.05) is 23.9 Å². The number of likely N-dealkylation sites (N-methyl/N-ethyl adjacent to an activating group) is 1. The van der Waals surface area contributed by atoms with Crippen molar-refractivity contribution in [2.24, 2.45) is 0 Å². The van der Waals surface area contributed by atoms with Crippen LogP contribution in [0.25, 0.3) is 0 Å². The summed E-state index contributed by atoms with van der Waals surface area (Å²) in [6.07, 6.45) is 3.02. The van der Waals surface area contributed by atoms with E-state index in [9.17, 15) is 0 Å². The standard InChI is InChI=1S/C12H20N2/c1-5-11(13-4)10(3)12-8-9(2)6-7-14-12/h6-8,10-11,13H,5H2,1-4H3. The molecule has 2 nitrogen and oxygen atoms in total. The first-order valence-corrected chi connectivity index (χ1v) is 5.28. The van der Waals surface area contributed by atoms with Crippen LogP contribution in [0.15, 0.2) is 18.3 Å². The van der Waals surface area contributed by atoms with Gasteiger partial charge in [0.15, 0.2) is 0 Å². The Balaban J connectivity index is 2.82. The molecule has 0 aliphatic rings. The summed E-state index contributed by atoms with van der Waals surface area (Å²) in [5, 5.41) is 3.33. The predicted molar refractivity (Wildman–Crippen MR) is 60.5 cm³/mol. The van der Waals surface area contributed by atoms with Crippen LogP contribution in [0.2, 0.25) is 0 Å². The second-order valence-electron chi connectivity index (χ2n) is 3.85. The zero-order chi connectivity index (χ0) is 10.6. The van der Waals surface area contributed by atoms with Gasteiger partial charge in [-0.2, -0.15) is 0 Å². The molecule has 0 fully saturated rings. The Morgan fingerprint density at radius 2 is 2.21 bits per heavy atom. The number of nitrogens with one attached hydrogen (secondary N) is 1. The molecule has 0 radical (unpaired) electrons. The van der Waals surface area contributed by atoms with Crippen molar-refractivity contribution in [1.29, 1.82) is 0 Å². The van der Waals surface area contributed by atoms with Gasteiger partial charge in [0.25, 0.3) is 0 Å². The molecule has 0 saturated carbocycles. The normalized spacial score (nSPS) is 15.1. The second kappa shape index (κ2) is 5.11. The minimum atomic E-state index is 0.477. The maximum absolute atomic E-state index is 4.42. The molecule has 1 aromatic rings. The van der Waals surface area contributed by atoms with Crippen molar-refractivity contribution in [3.63, 3.8) is 0 Å². The third-order valence-electron chi connectivity index (χ3n) is 2.82. The van der Waals surface area contributed by atoms with Gasteiger partial charge in [-0.25, -0.2) is 0 Å². The molecule has 0 spiro atoms. The van der Waals surface area contributed by atoms with E-state index in [0.29, 0.717) is 12.0 Å². The van der Waals surface area contributed by atoms with Crippen LogP contribution in [0.4, 0.5) is 0 Å². The smallest absolute Gasteiger partial charge is 0.0449 e. The summed E-state index contributed by atoms with van der Waals surface area (Å²) in [5.74, 6) is 0.477. The number of aryl methyl sites for hydroxylation is 1. The fraction of sp³-hybridized carbons (Fsp3) is 0.583. The molecule has 2 unspecified atom stereocenters. The summed E-state index contributed by atoms with van der Waals surface area (Å²) in [7, 11) is 2.01. The SMILES string of the molecule is CCC(NC)C(C)c1cc(C)ccn1. The number of rotatable bonds is 4. The summed E-state index contributed by atoms with van der Waals surface area (Å²) in [4.78, 5) is 4.42. The zero-order valence-corrected chi connectivity index (χ0v) is 9.54. The summed E-state index contributed by atoms with van der Waals surface area (Å²) in [6.45, 7) is 6.54. The average Bonchev–Trinajstić information content (AvgIpc) is 2.19. The largest absolute Gasteiger partial charge is 0.316 e. The Bertz CT molecular complexity index is 279. The molecule has 0 aliphatic heterocycles. The highest BCUT2D eigenvalue weighted by molar-refractivity contribution is 5.18. The summed E-state index contributed by atoms with van der Waals surface area (Å²) in [5.41, 5.74) is 2.47. The van der Waals surface area contributed by atoms with Gasteiger partial charge < -0.3 is 5.32 Å². The van der Waals surface area contributed by atoms with Crippen molar-refractivity contribution >= 4 is 0 Å². The van der Waals surface area contributed by atoms with Gasteiger partial charge in [0.05, 0.1) is 0 Å². The Hall–Kier alpha value is -0.890. The van der Waals surface area contributed by atoms with Crippen molar-refractivity contribution in [2.75, 3.05) is 7.05 Å². The van der Waals surface area contributed by atoms with Crippen LogP contribution < -0.4 is 5.32 Å². The van der Waals surface area contributed by atoms with Gasteiger partial charge in [-0.05, 0) is 38.1 Å². The third-order valence-corrected chi connectivity index (χ3v) is 2.82. The lowest BCUT2D eigenvalue weighted by Crippen LogP contribution is -2.30. The molecule has 0 amide bonds. The fourth-order valence-corrected chi connectivity index (χ4v) is 1.82. The summed E-state index contributed by atoms with van der Waals surface area (Å²) < 4.78 is 0. The van der Waals surface area contributed by atoms with E-state index in [0.717, 1.165) is 6.42 Å². The number of aromatic nitrogens is 1. The minimum Gasteiger partial charge on any atom is -0.316 e. The highest BCUT2D eigenvalue weighted by atomic mass is 14.9. The van der Waals surface area contributed by atoms with Crippen LogP contribution >= 0.6 is 0 Å². The topological polar surface area (TPSA) is 24.9 Å². The van der Waals surface area contributed by atoms with E-state index in [1.165, 1.54) is 11.3 Å². The molecule has 0 aromatic carbocycles. The van der Waals surface area contributed by atoms with Crippen molar-refractivity contribution in [1.82, 2.24) is 10.3 Å². The lowest BCUT2D eigenvalue weighted by Gasteiger charge is -2.21. The van der Waals surface area contributed by atoms with Gasteiger partial charge in [-0.15, -0.1) is 0 Å². The maximum Gasteiger partial charge on any atom is 0.0449 e. The molecule has 2 heteroatoms. The average molecular weight is 192 g/mol. The van der Waals surface area contributed by atoms with Crippen molar-refractivity contribution in [3.05, 3.63) is 29.6 Å². The monoisotopic (exact) mass is 192 g/mol. The van der Waals surface area contributed by atoms with Crippen molar-refractivity contribution in [3.8, 4) is 0 Å². The summed E-state index contributed by atoms with van der Waals surface area (Å²) in [6, 6.07) is 4.73. The van der Waals surface area contributed by atoms with Crippen LogP contribution in [0, 0.1) is 6.92 Å². The molecular formula is C12H20N2. The van der Waals surface area contributed by atoms with Gasteiger partial charge >= 0.3 is 0 Å². The minimum absolute atomic E-state index is 0.477. The van der Waals surface area contributed by atoms with E-state index in [2.05, 4.69) is 37.1 Å². The Kier molecular flexibility index (Phi) is 4.08. The highest BCUT2D eigenvalue weighted by Gasteiger charge is 2.16. The van der Waals surface area contributed by atoms with E-state index < -0.39 is 0 Å². The van der Waals surface area contributed by atoms with E-state index >= 15 is 0 Å². The van der Waals surface area contributed by atoms with Gasteiger partial charge in [0.2, 0.25) is 0 Å². The van der Waals surface area contributed by atoms with Crippen molar-refractivity contribution < 1.29 is 0 Å². The van der Waals surface area contributed by atoms with Crippen molar-refractivity contribution in [2.45, 2.75) is 39.2 Å². The van der Waals surface area contributed by atoms with Crippen LogP contribution in [0.1, 0.15) is 37.4 Å². The Morgan fingerprint density at radius 1 is 1.50 bits per heavy atom. The van der Waals surface area contributed by atoms with Crippen LogP contribution in [0.5, 0.6) is 0 Å². The lowest BCUT2D eigenvalue weighted by atomic mass is 9.95. The molecule has 14 heavy (non-hydrogen) atoms. The van der Waals surface area contributed by atoms with Crippen LogP contribution in [0.3, 0.4) is 0 Å². The molecule has 2 atom stereocenters. The van der Waals surface area contributed by atoms with E-state index in [4.69, 9.17) is 0 Å². The first-order valence-electron chi connectivity index (χ1n) is 5.28. The van der Waals surface area contributed by atoms with E-state index in [1.54, 1.807) is 0 Å². The van der Waals surface area contributed by atoms with Gasteiger partial charge in [0.1, 0.15) is 0 Å². The van der Waals surface area contributed by atoms with Crippen LogP contribution in [-0.2, 0) is 0 Å². The molecule has 1 rings (SSSR count). The zero-order valence-electron chi connectivity index (χ0n) is 9.54. The maximum atomic E-state index is 4.42. The third kappa shape index (κ3) is 2.55. The molecule has 1 N–H and O–H groups in total. The number of nitrogens with zero attached hydrogens (tertiary/aromatic N) is 1.